The van der Waals surface area contributed by atoms with E-state index in [0.717, 1.165) is 86.8 Å². The molecule has 4 aliphatic rings. The fraction of sp³-hybridized carbons (Fsp3) is 0.500. The molecule has 2 saturated heterocycles. The standard InChI is InChI=1S/C36H41N9O4/c1-21(28-8-5-15-44(28)2)48-30-18-29(45-16-11-27(42-45)35(46)39-23-12-17-47-20-23)40-34(41-30)32-24-7-4-14-36(33(24)49-43-32)13-3-6-22-9-10-26(38)25(19-37)31(22)36/h9-11,16,18,21,23,28H,3-8,12-15,17,20,38H2,1-2H3,(H,39,46)/t21-,23-,28-,36+/m0/s1. The van der Waals surface area contributed by atoms with Crippen LogP contribution < -0.4 is 15.8 Å². The Morgan fingerprint density at radius 2 is 2.04 bits per heavy atom. The molecule has 8 rings (SSSR count). The van der Waals surface area contributed by atoms with Crippen LogP contribution >= 0.6 is 0 Å². The highest BCUT2D eigenvalue weighted by Crippen LogP contribution is 2.53. The number of anilines is 1. The van der Waals surface area contributed by atoms with Crippen molar-refractivity contribution in [3.63, 3.8) is 0 Å². The maximum atomic E-state index is 13.0. The van der Waals surface area contributed by atoms with Gasteiger partial charge >= 0.3 is 0 Å². The lowest BCUT2D eigenvalue weighted by atomic mass is 9.61. The topological polar surface area (TPSA) is 170 Å². The lowest BCUT2D eigenvalue weighted by Crippen LogP contribution is -2.38. The Bertz CT molecular complexity index is 1940. The van der Waals surface area contributed by atoms with Gasteiger partial charge in [0.15, 0.2) is 28.8 Å². The first-order chi connectivity index (χ1) is 23.8. The summed E-state index contributed by atoms with van der Waals surface area (Å²) < 4.78 is 19.8. The van der Waals surface area contributed by atoms with E-state index in [2.05, 4.69) is 46.6 Å². The van der Waals surface area contributed by atoms with Crippen LogP contribution in [0.1, 0.15) is 90.4 Å². The van der Waals surface area contributed by atoms with Crippen molar-refractivity contribution in [2.24, 2.45) is 0 Å². The number of nitrogens with two attached hydrogens (primary N) is 1. The molecule has 3 aromatic heterocycles. The van der Waals surface area contributed by atoms with Gasteiger partial charge in [0.05, 0.1) is 23.6 Å². The fourth-order valence-corrected chi connectivity index (χ4v) is 8.47. The molecule has 1 aromatic carbocycles. The summed E-state index contributed by atoms with van der Waals surface area (Å²) in [7, 11) is 2.12. The smallest absolute Gasteiger partial charge is 0.272 e. The maximum absolute atomic E-state index is 13.0. The number of aromatic nitrogens is 5. The normalized spacial score (nSPS) is 23.9. The van der Waals surface area contributed by atoms with Crippen molar-refractivity contribution in [1.82, 2.24) is 35.1 Å². The predicted molar refractivity (Wildman–Crippen MR) is 179 cm³/mol. The molecular formula is C36H41N9O4. The minimum Gasteiger partial charge on any atom is -0.473 e. The minimum atomic E-state index is -0.500. The van der Waals surface area contributed by atoms with Gasteiger partial charge in [0.2, 0.25) is 5.88 Å². The van der Waals surface area contributed by atoms with Gasteiger partial charge in [0.1, 0.15) is 12.2 Å². The van der Waals surface area contributed by atoms with Gasteiger partial charge in [-0.3, -0.25) is 9.69 Å². The molecule has 2 fully saturated rings. The number of carbonyl (C=O) groups excluding carboxylic acids is 1. The average Bonchev–Trinajstić information content (AvgIpc) is 3.93. The Balaban J connectivity index is 1.19. The van der Waals surface area contributed by atoms with E-state index in [-0.39, 0.29) is 29.8 Å². The number of nitrogens with zero attached hydrogens (tertiary/aromatic N) is 7. The summed E-state index contributed by atoms with van der Waals surface area (Å²) in [5.74, 6) is 1.69. The number of rotatable bonds is 7. The van der Waals surface area contributed by atoms with Crippen LogP contribution in [0.4, 0.5) is 5.69 Å². The highest BCUT2D eigenvalue weighted by atomic mass is 16.5. The Morgan fingerprint density at radius 3 is 2.82 bits per heavy atom. The van der Waals surface area contributed by atoms with Crippen LogP contribution in [0.5, 0.6) is 5.88 Å². The highest BCUT2D eigenvalue weighted by molar-refractivity contribution is 5.92. The van der Waals surface area contributed by atoms with E-state index in [0.29, 0.717) is 47.7 Å². The third-order valence-corrected chi connectivity index (χ3v) is 10.9. The zero-order valence-corrected chi connectivity index (χ0v) is 27.9. The third-order valence-electron chi connectivity index (χ3n) is 10.9. The molecule has 0 unspecified atom stereocenters. The van der Waals surface area contributed by atoms with Gasteiger partial charge in [0.25, 0.3) is 5.91 Å². The Hall–Kier alpha value is -4.80. The molecule has 0 saturated carbocycles. The molecule has 49 heavy (non-hydrogen) atoms. The largest absolute Gasteiger partial charge is 0.473 e. The number of aryl methyl sites for hydroxylation is 1. The van der Waals surface area contributed by atoms with Crippen LogP contribution in [0.25, 0.3) is 17.3 Å². The van der Waals surface area contributed by atoms with Crippen molar-refractivity contribution in [2.75, 3.05) is 32.5 Å². The highest BCUT2D eigenvalue weighted by Gasteiger charge is 2.48. The van der Waals surface area contributed by atoms with Crippen molar-refractivity contribution in [1.29, 1.82) is 5.26 Å². The second-order valence-corrected chi connectivity index (χ2v) is 13.9. The van der Waals surface area contributed by atoms with Gasteiger partial charge in [-0.15, -0.1) is 0 Å². The summed E-state index contributed by atoms with van der Waals surface area (Å²) in [6.07, 6.45) is 9.69. The number of ether oxygens (including phenoxy) is 2. The second-order valence-electron chi connectivity index (χ2n) is 13.9. The number of likely N-dealkylation sites (tertiary alicyclic amines) is 1. The molecule has 4 aromatic rings. The van der Waals surface area contributed by atoms with Crippen LogP contribution in [-0.4, -0.2) is 80.7 Å². The summed E-state index contributed by atoms with van der Waals surface area (Å²) in [5, 5.41) is 22.4. The van der Waals surface area contributed by atoms with Gasteiger partial charge in [-0.25, -0.2) is 9.67 Å². The monoisotopic (exact) mass is 663 g/mol. The number of benzene rings is 1. The van der Waals surface area contributed by atoms with Crippen molar-refractivity contribution in [3.05, 3.63) is 64.2 Å². The zero-order chi connectivity index (χ0) is 33.7. The number of nitrogens with one attached hydrogen (secondary N) is 1. The molecule has 1 spiro atoms. The van der Waals surface area contributed by atoms with E-state index in [1.807, 2.05) is 6.07 Å². The summed E-state index contributed by atoms with van der Waals surface area (Å²) in [5.41, 5.74) is 10.8. The molecule has 3 N–H and O–H groups in total. The van der Waals surface area contributed by atoms with E-state index in [1.165, 1.54) is 0 Å². The molecule has 0 radical (unpaired) electrons. The Labute approximate surface area is 284 Å². The summed E-state index contributed by atoms with van der Waals surface area (Å²) in [6.45, 7) is 4.22. The molecule has 5 heterocycles. The number of amides is 1. The molecule has 254 valence electrons. The molecule has 13 nitrogen and oxygen atoms in total. The SMILES string of the molecule is C[C@H](Oc1cc(-n2ccc(C(=O)N[C@H]3CCOC3)n2)nc(-c2noc3c2CCC[C@@]32CCCc3ccc(N)c(C#N)c32)n1)[C@@H]1CCCN1C. The maximum Gasteiger partial charge on any atom is 0.272 e. The average molecular weight is 664 g/mol. The van der Waals surface area contributed by atoms with Crippen LogP contribution in [0.2, 0.25) is 0 Å². The van der Waals surface area contributed by atoms with E-state index in [9.17, 15) is 10.1 Å². The number of nitrogen functional groups attached to an aromatic ring is 1. The first-order valence-corrected chi connectivity index (χ1v) is 17.4. The van der Waals surface area contributed by atoms with Gasteiger partial charge in [0, 0.05) is 36.2 Å². The molecule has 0 bridgehead atoms. The van der Waals surface area contributed by atoms with Gasteiger partial charge < -0.3 is 25.0 Å². The summed E-state index contributed by atoms with van der Waals surface area (Å²) in [4.78, 5) is 25.1. The molecule has 4 atom stereocenters. The zero-order valence-electron chi connectivity index (χ0n) is 27.9. The number of likely N-dealkylation sites (N-methyl/N-ethyl adjacent to an activating group) is 1. The predicted octanol–water partition coefficient (Wildman–Crippen LogP) is 4.11. The lowest BCUT2D eigenvalue weighted by Gasteiger charge is -2.41. The Kier molecular flexibility index (Phi) is 8.08. The number of fused-ring (bicyclic) bond motifs is 4. The van der Waals surface area contributed by atoms with Gasteiger partial charge in [-0.2, -0.15) is 15.3 Å². The number of carbonyl (C=O) groups is 1. The van der Waals surface area contributed by atoms with Crippen LogP contribution in [0.3, 0.4) is 0 Å². The van der Waals surface area contributed by atoms with Crippen molar-refractivity contribution in [3.8, 4) is 29.3 Å². The van der Waals surface area contributed by atoms with Crippen molar-refractivity contribution < 1.29 is 18.8 Å². The Morgan fingerprint density at radius 1 is 1.18 bits per heavy atom. The fourth-order valence-electron chi connectivity index (χ4n) is 8.47. The summed E-state index contributed by atoms with van der Waals surface area (Å²) in [6, 6.07) is 9.94. The number of nitriles is 1. The van der Waals surface area contributed by atoms with Gasteiger partial charge in [-0.05, 0) is 102 Å². The molecule has 13 heteroatoms. The van der Waals surface area contributed by atoms with Crippen LogP contribution in [-0.2, 0) is 23.0 Å². The van der Waals surface area contributed by atoms with E-state index >= 15 is 0 Å². The van der Waals surface area contributed by atoms with Gasteiger partial charge in [-0.1, -0.05) is 11.2 Å². The third kappa shape index (κ3) is 5.53. The van der Waals surface area contributed by atoms with Crippen molar-refractivity contribution in [2.45, 2.75) is 88.3 Å². The first-order valence-electron chi connectivity index (χ1n) is 17.4. The number of hydrogen-bond donors (Lipinski definition) is 2. The number of hydrogen-bond acceptors (Lipinski definition) is 11. The van der Waals surface area contributed by atoms with E-state index in [1.54, 1.807) is 23.0 Å². The quantitative estimate of drug-likeness (QED) is 0.273. The van der Waals surface area contributed by atoms with E-state index < -0.39 is 5.41 Å². The molecular weight excluding hydrogens is 622 g/mol. The van der Waals surface area contributed by atoms with Crippen LogP contribution in [0, 0.1) is 11.3 Å². The lowest BCUT2D eigenvalue weighted by molar-refractivity contribution is 0.0924. The molecule has 2 aliphatic heterocycles. The second kappa shape index (κ2) is 12.6. The molecule has 2 aliphatic carbocycles. The van der Waals surface area contributed by atoms with E-state index in [4.69, 9.17) is 29.7 Å². The minimum absolute atomic E-state index is 0.0306. The first kappa shape index (κ1) is 31.5. The van der Waals surface area contributed by atoms with Crippen LogP contribution in [0.15, 0.2) is 35.0 Å². The summed E-state index contributed by atoms with van der Waals surface area (Å²) >= 11 is 0. The van der Waals surface area contributed by atoms with Crippen molar-refractivity contribution >= 4 is 11.6 Å². The molecule has 1 amide bonds.